The van der Waals surface area contributed by atoms with E-state index in [9.17, 15) is 9.59 Å². The van der Waals surface area contributed by atoms with Crippen LogP contribution in [0.15, 0.2) is 36.7 Å². The van der Waals surface area contributed by atoms with Crippen molar-refractivity contribution in [3.05, 3.63) is 42.2 Å². The molecule has 2 N–H and O–H groups in total. The van der Waals surface area contributed by atoms with Gasteiger partial charge in [-0.2, -0.15) is 5.10 Å². The van der Waals surface area contributed by atoms with Gasteiger partial charge >= 0.3 is 0 Å². The smallest absolute Gasteiger partial charge is 0.298 e. The third kappa shape index (κ3) is 3.77. The molecular formula is C20H20N4O2. The van der Waals surface area contributed by atoms with E-state index in [0.29, 0.717) is 24.6 Å². The number of benzene rings is 1. The van der Waals surface area contributed by atoms with Crippen molar-refractivity contribution in [1.82, 2.24) is 20.4 Å². The summed E-state index contributed by atoms with van der Waals surface area (Å²) in [4.78, 5) is 26.2. The summed E-state index contributed by atoms with van der Waals surface area (Å²) in [6, 6.07) is 7.38. The Balaban J connectivity index is 1.32. The number of H-pyrrole nitrogens is 1. The van der Waals surface area contributed by atoms with Crippen LogP contribution in [0.1, 0.15) is 29.6 Å². The molecule has 0 unspecified atom stereocenters. The number of carbonyl (C=O) groups is 2. The molecule has 6 heteroatoms. The number of aromatic amines is 1. The first-order valence-corrected chi connectivity index (χ1v) is 8.89. The fraction of sp³-hybridized carbons (Fsp3) is 0.350. The van der Waals surface area contributed by atoms with E-state index in [1.165, 1.54) is 0 Å². The molecule has 0 bridgehead atoms. The Morgan fingerprint density at radius 1 is 1.15 bits per heavy atom. The summed E-state index contributed by atoms with van der Waals surface area (Å²) in [5, 5.41) is 9.71. The molecule has 1 aromatic carbocycles. The highest BCUT2D eigenvalue weighted by Crippen LogP contribution is 2.27. The summed E-state index contributed by atoms with van der Waals surface area (Å²) in [7, 11) is 0. The number of hydrogen-bond donors (Lipinski definition) is 2. The molecule has 2 aromatic rings. The topological polar surface area (TPSA) is 78.1 Å². The van der Waals surface area contributed by atoms with Gasteiger partial charge in [-0.1, -0.05) is 18.1 Å². The van der Waals surface area contributed by atoms with Gasteiger partial charge < -0.3 is 10.2 Å². The van der Waals surface area contributed by atoms with Gasteiger partial charge in [0.05, 0.1) is 6.20 Å². The monoisotopic (exact) mass is 348 g/mol. The van der Waals surface area contributed by atoms with Crippen molar-refractivity contribution in [2.45, 2.75) is 25.3 Å². The first-order valence-electron chi connectivity index (χ1n) is 8.89. The van der Waals surface area contributed by atoms with Crippen LogP contribution in [0.25, 0.3) is 11.1 Å². The van der Waals surface area contributed by atoms with Crippen LogP contribution in [0.2, 0.25) is 0 Å². The second kappa shape index (κ2) is 7.04. The Bertz CT molecular complexity index is 857. The molecule has 0 spiro atoms. The van der Waals surface area contributed by atoms with Gasteiger partial charge in [0.25, 0.3) is 11.8 Å². The molecule has 1 aromatic heterocycles. The summed E-state index contributed by atoms with van der Waals surface area (Å²) >= 11 is 0. The maximum Gasteiger partial charge on any atom is 0.298 e. The standard InChI is InChI=1S/C20H20N4O2/c25-19(8-3-14-1-2-14)24-10-9-18(13-24)23-20(26)16-6-4-15(5-7-16)17-11-21-22-12-17/h4-7,11-12,14,18H,1-2,9-10,13H2,(H,21,22)(H,23,26)/t18-/m1/s1. The molecule has 1 aliphatic heterocycles. The molecule has 132 valence electrons. The summed E-state index contributed by atoms with van der Waals surface area (Å²) < 4.78 is 0. The fourth-order valence-electron chi connectivity index (χ4n) is 3.02. The van der Waals surface area contributed by atoms with E-state index in [-0.39, 0.29) is 17.9 Å². The lowest BCUT2D eigenvalue weighted by atomic mass is 10.1. The SMILES string of the molecule is O=C(N[C@@H]1CCN(C(=O)C#CC2CC2)C1)c1ccc(-c2cn[nH]c2)cc1. The van der Waals surface area contributed by atoms with Crippen molar-refractivity contribution in [2.24, 2.45) is 5.92 Å². The lowest BCUT2D eigenvalue weighted by molar-refractivity contribution is -0.124. The zero-order valence-corrected chi connectivity index (χ0v) is 14.4. The van der Waals surface area contributed by atoms with E-state index in [4.69, 9.17) is 0 Å². The molecule has 1 aliphatic carbocycles. The predicted molar refractivity (Wildman–Crippen MR) is 97.0 cm³/mol. The highest BCUT2D eigenvalue weighted by Gasteiger charge is 2.27. The van der Waals surface area contributed by atoms with Gasteiger partial charge in [0, 0.05) is 42.4 Å². The largest absolute Gasteiger partial charge is 0.347 e. The molecule has 6 nitrogen and oxygen atoms in total. The second-order valence-electron chi connectivity index (χ2n) is 6.82. The molecule has 0 radical (unpaired) electrons. The van der Waals surface area contributed by atoms with Gasteiger partial charge in [0.1, 0.15) is 0 Å². The molecule has 2 fully saturated rings. The molecule has 26 heavy (non-hydrogen) atoms. The minimum Gasteiger partial charge on any atom is -0.347 e. The fourth-order valence-corrected chi connectivity index (χ4v) is 3.02. The Hall–Kier alpha value is -3.07. The molecular weight excluding hydrogens is 328 g/mol. The average Bonchev–Trinajstić information content (AvgIpc) is 3.12. The summed E-state index contributed by atoms with van der Waals surface area (Å²) in [6.07, 6.45) is 6.53. The van der Waals surface area contributed by atoms with Crippen molar-refractivity contribution in [3.8, 4) is 23.0 Å². The number of aromatic nitrogens is 2. The highest BCUT2D eigenvalue weighted by molar-refractivity contribution is 5.95. The lowest BCUT2D eigenvalue weighted by Crippen LogP contribution is -2.38. The lowest BCUT2D eigenvalue weighted by Gasteiger charge is -2.14. The number of hydrogen-bond acceptors (Lipinski definition) is 3. The van der Waals surface area contributed by atoms with Gasteiger partial charge in [-0.3, -0.25) is 14.7 Å². The van der Waals surface area contributed by atoms with E-state index < -0.39 is 0 Å². The van der Waals surface area contributed by atoms with E-state index in [1.54, 1.807) is 23.2 Å². The average molecular weight is 348 g/mol. The Kier molecular flexibility index (Phi) is 4.44. The van der Waals surface area contributed by atoms with Gasteiger partial charge in [-0.05, 0) is 42.9 Å². The first-order chi connectivity index (χ1) is 12.7. The van der Waals surface area contributed by atoms with E-state index in [2.05, 4.69) is 27.4 Å². The molecule has 2 heterocycles. The van der Waals surface area contributed by atoms with Crippen LogP contribution in [0, 0.1) is 17.8 Å². The van der Waals surface area contributed by atoms with Crippen LogP contribution in [-0.2, 0) is 4.79 Å². The van der Waals surface area contributed by atoms with Crippen molar-refractivity contribution >= 4 is 11.8 Å². The molecule has 4 rings (SSSR count). The quantitative estimate of drug-likeness (QED) is 0.831. The van der Waals surface area contributed by atoms with Crippen LogP contribution >= 0.6 is 0 Å². The molecule has 2 amide bonds. The maximum atomic E-state index is 12.4. The third-order valence-electron chi connectivity index (χ3n) is 4.75. The molecule has 1 saturated carbocycles. The van der Waals surface area contributed by atoms with Gasteiger partial charge in [0.2, 0.25) is 0 Å². The van der Waals surface area contributed by atoms with Crippen LogP contribution in [0.5, 0.6) is 0 Å². The zero-order chi connectivity index (χ0) is 17.9. The second-order valence-corrected chi connectivity index (χ2v) is 6.82. The van der Waals surface area contributed by atoms with Crippen LogP contribution < -0.4 is 5.32 Å². The summed E-state index contributed by atoms with van der Waals surface area (Å²) in [6.45, 7) is 1.17. The Labute approximate surface area is 152 Å². The van der Waals surface area contributed by atoms with Crippen LogP contribution in [-0.4, -0.2) is 46.0 Å². The summed E-state index contributed by atoms with van der Waals surface area (Å²) in [5.41, 5.74) is 2.59. The number of carbonyl (C=O) groups excluding carboxylic acids is 2. The number of nitrogens with one attached hydrogen (secondary N) is 2. The number of amides is 2. The predicted octanol–water partition coefficient (Wildman–Crippen LogP) is 1.82. The van der Waals surface area contributed by atoms with Crippen LogP contribution in [0.3, 0.4) is 0 Å². The Morgan fingerprint density at radius 2 is 1.96 bits per heavy atom. The molecule has 1 saturated heterocycles. The van der Waals surface area contributed by atoms with Gasteiger partial charge in [-0.25, -0.2) is 0 Å². The summed E-state index contributed by atoms with van der Waals surface area (Å²) in [5.74, 6) is 5.90. The van der Waals surface area contributed by atoms with Crippen molar-refractivity contribution < 1.29 is 9.59 Å². The van der Waals surface area contributed by atoms with Crippen molar-refractivity contribution in [2.75, 3.05) is 13.1 Å². The number of rotatable bonds is 3. The minimum absolute atomic E-state index is 0.0253. The Morgan fingerprint density at radius 3 is 2.65 bits per heavy atom. The van der Waals surface area contributed by atoms with Crippen molar-refractivity contribution in [1.29, 1.82) is 0 Å². The number of nitrogens with zero attached hydrogens (tertiary/aromatic N) is 2. The third-order valence-corrected chi connectivity index (χ3v) is 4.75. The molecule has 2 aliphatic rings. The number of likely N-dealkylation sites (tertiary alicyclic amines) is 1. The minimum atomic E-state index is -0.127. The van der Waals surface area contributed by atoms with Gasteiger partial charge in [-0.15, -0.1) is 0 Å². The molecule has 1 atom stereocenters. The normalized spacial score (nSPS) is 18.9. The zero-order valence-electron chi connectivity index (χ0n) is 14.4. The van der Waals surface area contributed by atoms with Crippen LogP contribution in [0.4, 0.5) is 0 Å². The highest BCUT2D eigenvalue weighted by atomic mass is 16.2. The van der Waals surface area contributed by atoms with E-state index in [0.717, 1.165) is 30.4 Å². The van der Waals surface area contributed by atoms with E-state index in [1.807, 2.05) is 18.3 Å². The van der Waals surface area contributed by atoms with E-state index >= 15 is 0 Å². The first kappa shape index (κ1) is 16.4. The van der Waals surface area contributed by atoms with Crippen molar-refractivity contribution in [3.63, 3.8) is 0 Å². The maximum absolute atomic E-state index is 12.4. The van der Waals surface area contributed by atoms with Gasteiger partial charge in [0.15, 0.2) is 0 Å².